The molecular weight excluding hydrogens is 604 g/mol. The van der Waals surface area contributed by atoms with Crippen molar-refractivity contribution in [1.29, 1.82) is 0 Å². The van der Waals surface area contributed by atoms with Crippen molar-refractivity contribution < 1.29 is 36.9 Å². The van der Waals surface area contributed by atoms with E-state index in [9.17, 15) is 27.5 Å². The number of hydrogen-bond acceptors (Lipinski definition) is 7. The number of hydrogen-bond donors (Lipinski definition) is 3. The van der Waals surface area contributed by atoms with Crippen molar-refractivity contribution in [3.8, 4) is 33.8 Å². The van der Waals surface area contributed by atoms with Gasteiger partial charge in [-0.05, 0) is 66.1 Å². The van der Waals surface area contributed by atoms with Crippen molar-refractivity contribution in [3.05, 3.63) is 96.6 Å². The molecule has 4 N–H and O–H groups in total. The molecule has 3 aromatic carbocycles. The van der Waals surface area contributed by atoms with E-state index in [-0.39, 0.29) is 11.4 Å². The number of amides is 1. The molecule has 240 valence electrons. The van der Waals surface area contributed by atoms with Gasteiger partial charge in [-0.25, -0.2) is 9.37 Å². The first-order chi connectivity index (χ1) is 21.8. The molecule has 1 aromatic heterocycles. The molecule has 2 atom stereocenters. The van der Waals surface area contributed by atoms with E-state index in [0.29, 0.717) is 33.9 Å². The zero-order chi connectivity index (χ0) is 33.2. The van der Waals surface area contributed by atoms with E-state index in [2.05, 4.69) is 10.3 Å². The van der Waals surface area contributed by atoms with Crippen LogP contribution in [0.3, 0.4) is 0 Å². The molecule has 5 rings (SSSR count). The van der Waals surface area contributed by atoms with Crippen LogP contribution >= 0.6 is 0 Å². The predicted octanol–water partition coefficient (Wildman–Crippen LogP) is 6.38. The van der Waals surface area contributed by atoms with Crippen LogP contribution in [0, 0.1) is 11.2 Å². The number of anilines is 2. The van der Waals surface area contributed by atoms with Crippen molar-refractivity contribution in [2.24, 2.45) is 5.41 Å². The number of carbonyl (C=O) groups excluding carboxylic acids is 1. The Hall–Kier alpha value is -5.10. The number of pyridine rings is 1. The van der Waals surface area contributed by atoms with Crippen molar-refractivity contribution in [3.63, 3.8) is 0 Å². The van der Waals surface area contributed by atoms with E-state index in [4.69, 9.17) is 15.2 Å². The summed E-state index contributed by atoms with van der Waals surface area (Å²) in [5.74, 6) is 0.180. The minimum atomic E-state index is -4.56. The maximum Gasteiger partial charge on any atom is 0.405 e. The van der Waals surface area contributed by atoms with Crippen LogP contribution in [0.4, 0.5) is 29.1 Å². The molecule has 2 unspecified atom stereocenters. The van der Waals surface area contributed by atoms with Gasteiger partial charge < -0.3 is 30.5 Å². The first-order valence-corrected chi connectivity index (χ1v) is 14.2. The minimum absolute atomic E-state index is 0.0702. The van der Waals surface area contributed by atoms with Crippen LogP contribution in [-0.2, 0) is 4.79 Å². The lowest BCUT2D eigenvalue weighted by Gasteiger charge is -2.43. The number of nitrogen functional groups attached to an aromatic ring is 1. The van der Waals surface area contributed by atoms with Crippen LogP contribution < -0.4 is 20.5 Å². The largest absolute Gasteiger partial charge is 0.493 e. The number of aliphatic hydroxyl groups is 1. The lowest BCUT2D eigenvalue weighted by Crippen LogP contribution is -2.54. The Labute approximate surface area is 263 Å². The molecule has 0 spiro atoms. The monoisotopic (exact) mass is 636 g/mol. The molecule has 0 radical (unpaired) electrons. The van der Waals surface area contributed by atoms with Gasteiger partial charge in [0.2, 0.25) is 5.91 Å². The first kappa shape index (κ1) is 32.3. The smallest absolute Gasteiger partial charge is 0.405 e. The van der Waals surface area contributed by atoms with Gasteiger partial charge in [0.05, 0.1) is 25.7 Å². The Balaban J connectivity index is 1.39. The number of ether oxygens (including phenoxy) is 2. The van der Waals surface area contributed by atoms with Crippen molar-refractivity contribution in [2.45, 2.75) is 19.2 Å². The van der Waals surface area contributed by atoms with Gasteiger partial charge in [0.25, 0.3) is 0 Å². The fourth-order valence-electron chi connectivity index (χ4n) is 5.45. The standard InChI is InChI=1S/C34H32F4N4O4/c1-33(18-42(19-34(36,37)38)17-27(30(33)43)21-4-9-24(35)10-5-21)32(44)41-25-11-6-20(7-12-25)26-14-23(16-40-31(26)39)22-8-13-28(45-2)29(15-22)46-3/h4-17,30,43H,18-19H2,1-3H3,(H2,39,40)(H,41,44). The summed E-state index contributed by atoms with van der Waals surface area (Å²) < 4.78 is 64.5. The summed E-state index contributed by atoms with van der Waals surface area (Å²) in [4.78, 5) is 18.9. The van der Waals surface area contributed by atoms with Gasteiger partial charge in [-0.2, -0.15) is 13.2 Å². The normalized spacial score (nSPS) is 18.1. The van der Waals surface area contributed by atoms with Gasteiger partial charge in [-0.15, -0.1) is 0 Å². The molecular formula is C34H32F4N4O4. The zero-order valence-electron chi connectivity index (χ0n) is 25.2. The van der Waals surface area contributed by atoms with Crippen LogP contribution in [0.5, 0.6) is 11.5 Å². The molecule has 8 nitrogen and oxygen atoms in total. The molecule has 0 aliphatic carbocycles. The second-order valence-corrected chi connectivity index (χ2v) is 11.2. The number of nitrogens with two attached hydrogens (primary N) is 1. The zero-order valence-corrected chi connectivity index (χ0v) is 25.2. The number of alkyl halides is 3. The summed E-state index contributed by atoms with van der Waals surface area (Å²) in [5, 5.41) is 14.0. The van der Waals surface area contributed by atoms with E-state index in [1.807, 2.05) is 18.2 Å². The van der Waals surface area contributed by atoms with Gasteiger partial charge in [-0.3, -0.25) is 4.79 Å². The van der Waals surface area contributed by atoms with Gasteiger partial charge in [0, 0.05) is 41.3 Å². The van der Waals surface area contributed by atoms with Crippen LogP contribution in [0.2, 0.25) is 0 Å². The highest BCUT2D eigenvalue weighted by molar-refractivity contribution is 5.98. The number of aromatic nitrogens is 1. The molecule has 0 saturated heterocycles. The fraction of sp³-hybridized carbons (Fsp3) is 0.235. The van der Waals surface area contributed by atoms with E-state index in [0.717, 1.165) is 28.2 Å². The second kappa shape index (κ2) is 12.7. The maximum absolute atomic E-state index is 13.6. The Bertz CT molecular complexity index is 1760. The molecule has 2 heterocycles. The summed E-state index contributed by atoms with van der Waals surface area (Å²) >= 11 is 0. The number of benzene rings is 3. The molecule has 1 aliphatic heterocycles. The van der Waals surface area contributed by atoms with Crippen LogP contribution in [-0.4, -0.2) is 60.5 Å². The molecule has 1 amide bonds. The Kier molecular flexibility index (Phi) is 8.93. The fourth-order valence-corrected chi connectivity index (χ4v) is 5.45. The number of aliphatic hydroxyl groups excluding tert-OH is 1. The number of nitrogens with one attached hydrogen (secondary N) is 1. The quantitative estimate of drug-likeness (QED) is 0.193. The average molecular weight is 637 g/mol. The van der Waals surface area contributed by atoms with E-state index < -0.39 is 42.5 Å². The van der Waals surface area contributed by atoms with E-state index in [1.165, 1.54) is 25.3 Å². The van der Waals surface area contributed by atoms with Crippen molar-refractivity contribution in [1.82, 2.24) is 9.88 Å². The number of halogens is 4. The lowest BCUT2D eigenvalue weighted by molar-refractivity contribution is -0.150. The molecule has 12 heteroatoms. The van der Waals surface area contributed by atoms with Crippen LogP contribution in [0.25, 0.3) is 27.8 Å². The Morgan fingerprint density at radius 2 is 1.61 bits per heavy atom. The highest BCUT2D eigenvalue weighted by Gasteiger charge is 2.48. The highest BCUT2D eigenvalue weighted by Crippen LogP contribution is 2.40. The van der Waals surface area contributed by atoms with Gasteiger partial charge >= 0.3 is 6.18 Å². The third-order valence-electron chi connectivity index (χ3n) is 7.92. The van der Waals surface area contributed by atoms with Crippen LogP contribution in [0.1, 0.15) is 12.5 Å². The van der Waals surface area contributed by atoms with E-state index >= 15 is 0 Å². The highest BCUT2D eigenvalue weighted by atomic mass is 19.4. The van der Waals surface area contributed by atoms with Crippen LogP contribution in [0.15, 0.2) is 85.2 Å². The third kappa shape index (κ3) is 6.76. The summed E-state index contributed by atoms with van der Waals surface area (Å²) in [6.07, 6.45) is -3.23. The van der Waals surface area contributed by atoms with Crippen molar-refractivity contribution >= 4 is 23.0 Å². The summed E-state index contributed by atoms with van der Waals surface area (Å²) in [6.45, 7) is -0.347. The van der Waals surface area contributed by atoms with Gasteiger partial charge in [-0.1, -0.05) is 30.3 Å². The summed E-state index contributed by atoms with van der Waals surface area (Å²) in [7, 11) is 3.10. The molecule has 4 aromatic rings. The number of rotatable bonds is 8. The first-order valence-electron chi connectivity index (χ1n) is 14.2. The van der Waals surface area contributed by atoms with E-state index in [1.54, 1.807) is 50.7 Å². The maximum atomic E-state index is 13.6. The average Bonchev–Trinajstić information content (AvgIpc) is 3.02. The third-order valence-corrected chi connectivity index (χ3v) is 7.92. The van der Waals surface area contributed by atoms with Crippen molar-refractivity contribution in [2.75, 3.05) is 38.4 Å². The lowest BCUT2D eigenvalue weighted by atomic mass is 9.75. The SMILES string of the molecule is COc1ccc(-c2cnc(N)c(-c3ccc(NC(=O)C4(C)CN(CC(F)(F)F)C=C(c5ccc(F)cc5)C4O)cc3)c2)cc1OC. The number of carbonyl (C=O) groups is 1. The predicted molar refractivity (Wildman–Crippen MR) is 167 cm³/mol. The minimum Gasteiger partial charge on any atom is -0.493 e. The Morgan fingerprint density at radius 3 is 2.24 bits per heavy atom. The molecule has 1 aliphatic rings. The molecule has 0 bridgehead atoms. The Morgan fingerprint density at radius 1 is 0.978 bits per heavy atom. The number of nitrogens with zero attached hydrogens (tertiary/aromatic N) is 2. The van der Waals surface area contributed by atoms with Gasteiger partial charge in [0.15, 0.2) is 11.5 Å². The molecule has 0 fully saturated rings. The molecule has 0 saturated carbocycles. The second-order valence-electron chi connectivity index (χ2n) is 11.2. The topological polar surface area (TPSA) is 110 Å². The summed E-state index contributed by atoms with van der Waals surface area (Å²) in [5.41, 5.74) is 8.17. The number of methoxy groups -OCH3 is 2. The molecule has 46 heavy (non-hydrogen) atoms. The van der Waals surface area contributed by atoms with Gasteiger partial charge in [0.1, 0.15) is 18.2 Å². The summed E-state index contributed by atoms with van der Waals surface area (Å²) in [6, 6.07) is 19.0.